The molecule has 5 nitrogen and oxygen atoms in total. The molecule has 0 saturated carbocycles. The monoisotopic (exact) mass is 275 g/mol. The molecule has 3 N–H and O–H groups in total. The first-order valence-corrected chi connectivity index (χ1v) is 7.09. The molecule has 5 heteroatoms. The molecule has 20 heavy (non-hydrogen) atoms. The van der Waals surface area contributed by atoms with Gasteiger partial charge in [0.1, 0.15) is 0 Å². The summed E-state index contributed by atoms with van der Waals surface area (Å²) in [5.74, 6) is 0.0780. The third-order valence-corrected chi connectivity index (χ3v) is 3.42. The lowest BCUT2D eigenvalue weighted by Gasteiger charge is -2.21. The molecular weight excluding hydrogens is 254 g/mol. The standard InChI is InChI=1S/C15H21N3O2/c19-14(18-13-4-2-1-3-5-13)8-11-17-15(20)12-6-9-16-10-7-12/h1-5,12,16H,6-11H2,(H,17,20)(H,18,19). The van der Waals surface area contributed by atoms with E-state index in [0.29, 0.717) is 13.0 Å². The summed E-state index contributed by atoms with van der Waals surface area (Å²) >= 11 is 0. The van der Waals surface area contributed by atoms with Crippen molar-refractivity contribution in [2.75, 3.05) is 25.0 Å². The molecule has 108 valence electrons. The van der Waals surface area contributed by atoms with Crippen molar-refractivity contribution in [3.8, 4) is 0 Å². The second-order valence-electron chi connectivity index (χ2n) is 4.98. The quantitative estimate of drug-likeness (QED) is 0.754. The Kier molecular flexibility index (Phi) is 5.55. The summed E-state index contributed by atoms with van der Waals surface area (Å²) in [5, 5.41) is 8.86. The Labute approximate surface area is 119 Å². The summed E-state index contributed by atoms with van der Waals surface area (Å²) in [5.41, 5.74) is 0.780. The van der Waals surface area contributed by atoms with Gasteiger partial charge in [0.25, 0.3) is 0 Å². The molecule has 0 aromatic heterocycles. The van der Waals surface area contributed by atoms with Gasteiger partial charge < -0.3 is 16.0 Å². The van der Waals surface area contributed by atoms with E-state index in [9.17, 15) is 9.59 Å². The minimum Gasteiger partial charge on any atom is -0.355 e. The van der Waals surface area contributed by atoms with Crippen molar-refractivity contribution in [3.05, 3.63) is 30.3 Å². The molecule has 1 heterocycles. The SMILES string of the molecule is O=C(CCNC(=O)C1CCNCC1)Nc1ccccc1. The number of amides is 2. The largest absolute Gasteiger partial charge is 0.355 e. The molecule has 0 radical (unpaired) electrons. The van der Waals surface area contributed by atoms with Crippen LogP contribution in [0.5, 0.6) is 0 Å². The van der Waals surface area contributed by atoms with E-state index in [1.807, 2.05) is 30.3 Å². The van der Waals surface area contributed by atoms with Crippen LogP contribution in [0.25, 0.3) is 0 Å². The highest BCUT2D eigenvalue weighted by molar-refractivity contribution is 5.91. The Hall–Kier alpha value is -1.88. The molecular formula is C15H21N3O2. The Bertz CT molecular complexity index is 442. The zero-order valence-electron chi connectivity index (χ0n) is 11.5. The van der Waals surface area contributed by atoms with E-state index >= 15 is 0 Å². The number of carbonyl (C=O) groups is 2. The summed E-state index contributed by atoms with van der Waals surface area (Å²) in [6, 6.07) is 9.31. The van der Waals surface area contributed by atoms with E-state index in [-0.39, 0.29) is 17.7 Å². The van der Waals surface area contributed by atoms with Crippen molar-refractivity contribution in [1.29, 1.82) is 0 Å². The van der Waals surface area contributed by atoms with Gasteiger partial charge in [-0.05, 0) is 38.1 Å². The Morgan fingerprint density at radius 3 is 2.55 bits per heavy atom. The van der Waals surface area contributed by atoms with Crippen molar-refractivity contribution in [3.63, 3.8) is 0 Å². The van der Waals surface area contributed by atoms with Crippen molar-refractivity contribution in [1.82, 2.24) is 10.6 Å². The first-order chi connectivity index (χ1) is 9.75. The summed E-state index contributed by atoms with van der Waals surface area (Å²) < 4.78 is 0. The second kappa shape index (κ2) is 7.65. The number of piperidine rings is 1. The molecule has 1 fully saturated rings. The van der Waals surface area contributed by atoms with Gasteiger partial charge in [-0.3, -0.25) is 9.59 Å². The highest BCUT2D eigenvalue weighted by atomic mass is 16.2. The average Bonchev–Trinajstić information content (AvgIpc) is 2.49. The molecule has 1 saturated heterocycles. The van der Waals surface area contributed by atoms with Gasteiger partial charge in [-0.1, -0.05) is 18.2 Å². The summed E-state index contributed by atoms with van der Waals surface area (Å²) in [6.45, 7) is 2.18. The fourth-order valence-corrected chi connectivity index (χ4v) is 2.27. The first kappa shape index (κ1) is 14.5. The molecule has 1 aliphatic heterocycles. The van der Waals surface area contributed by atoms with E-state index in [4.69, 9.17) is 0 Å². The summed E-state index contributed by atoms with van der Waals surface area (Å²) in [7, 11) is 0. The van der Waals surface area contributed by atoms with Gasteiger partial charge in [-0.25, -0.2) is 0 Å². The van der Waals surface area contributed by atoms with Crippen molar-refractivity contribution in [2.24, 2.45) is 5.92 Å². The highest BCUT2D eigenvalue weighted by Gasteiger charge is 2.20. The number of carbonyl (C=O) groups excluding carboxylic acids is 2. The molecule has 1 aromatic rings. The van der Waals surface area contributed by atoms with Crippen molar-refractivity contribution >= 4 is 17.5 Å². The Morgan fingerprint density at radius 2 is 1.85 bits per heavy atom. The second-order valence-corrected chi connectivity index (χ2v) is 4.98. The lowest BCUT2D eigenvalue weighted by atomic mass is 9.97. The van der Waals surface area contributed by atoms with Crippen LogP contribution in [0.1, 0.15) is 19.3 Å². The molecule has 2 rings (SSSR count). The van der Waals surface area contributed by atoms with Crippen molar-refractivity contribution < 1.29 is 9.59 Å². The number of anilines is 1. The van der Waals surface area contributed by atoms with Crippen LogP contribution in [0.2, 0.25) is 0 Å². The van der Waals surface area contributed by atoms with Crippen LogP contribution in [-0.4, -0.2) is 31.4 Å². The molecule has 0 bridgehead atoms. The van der Waals surface area contributed by atoms with E-state index in [0.717, 1.165) is 31.6 Å². The zero-order chi connectivity index (χ0) is 14.2. The highest BCUT2D eigenvalue weighted by Crippen LogP contribution is 2.11. The number of hydrogen-bond acceptors (Lipinski definition) is 3. The van der Waals surface area contributed by atoms with E-state index in [1.54, 1.807) is 0 Å². The van der Waals surface area contributed by atoms with Gasteiger partial charge in [0.15, 0.2) is 0 Å². The fourth-order valence-electron chi connectivity index (χ4n) is 2.27. The van der Waals surface area contributed by atoms with Crippen molar-refractivity contribution in [2.45, 2.75) is 19.3 Å². The minimum absolute atomic E-state index is 0.0685. The molecule has 1 aliphatic rings. The summed E-state index contributed by atoms with van der Waals surface area (Å²) in [4.78, 5) is 23.6. The lowest BCUT2D eigenvalue weighted by molar-refractivity contribution is -0.125. The van der Waals surface area contributed by atoms with Crippen LogP contribution in [-0.2, 0) is 9.59 Å². The summed E-state index contributed by atoms with van der Waals surface area (Å²) in [6.07, 6.45) is 2.05. The van der Waals surface area contributed by atoms with E-state index in [1.165, 1.54) is 0 Å². The van der Waals surface area contributed by atoms with Gasteiger partial charge in [0.05, 0.1) is 0 Å². The Morgan fingerprint density at radius 1 is 1.15 bits per heavy atom. The van der Waals surface area contributed by atoms with E-state index in [2.05, 4.69) is 16.0 Å². The van der Waals surface area contributed by atoms with Crippen LogP contribution in [0.3, 0.4) is 0 Å². The van der Waals surface area contributed by atoms with E-state index < -0.39 is 0 Å². The number of para-hydroxylation sites is 1. The maximum absolute atomic E-state index is 11.9. The average molecular weight is 275 g/mol. The number of hydrogen-bond donors (Lipinski definition) is 3. The van der Waals surface area contributed by atoms with Gasteiger partial charge in [-0.2, -0.15) is 0 Å². The fraction of sp³-hybridized carbons (Fsp3) is 0.467. The zero-order valence-corrected chi connectivity index (χ0v) is 11.5. The number of rotatable bonds is 5. The minimum atomic E-state index is -0.0817. The van der Waals surface area contributed by atoms with Crippen LogP contribution < -0.4 is 16.0 Å². The number of nitrogens with one attached hydrogen (secondary N) is 3. The van der Waals surface area contributed by atoms with Gasteiger partial charge in [0, 0.05) is 24.6 Å². The molecule has 0 spiro atoms. The van der Waals surface area contributed by atoms with Crippen LogP contribution in [0.4, 0.5) is 5.69 Å². The van der Waals surface area contributed by atoms with Gasteiger partial charge in [0.2, 0.25) is 11.8 Å². The van der Waals surface area contributed by atoms with Crippen LogP contribution >= 0.6 is 0 Å². The maximum Gasteiger partial charge on any atom is 0.226 e. The number of benzene rings is 1. The van der Waals surface area contributed by atoms with Gasteiger partial charge >= 0.3 is 0 Å². The topological polar surface area (TPSA) is 70.2 Å². The third-order valence-electron chi connectivity index (χ3n) is 3.42. The Balaban J connectivity index is 1.65. The predicted molar refractivity (Wildman–Crippen MR) is 78.3 cm³/mol. The lowest BCUT2D eigenvalue weighted by Crippen LogP contribution is -2.39. The molecule has 0 atom stereocenters. The maximum atomic E-state index is 11.9. The molecule has 2 amide bonds. The normalized spacial score (nSPS) is 15.6. The molecule has 0 unspecified atom stereocenters. The van der Waals surface area contributed by atoms with Gasteiger partial charge in [-0.15, -0.1) is 0 Å². The third kappa shape index (κ3) is 4.66. The molecule has 0 aliphatic carbocycles. The first-order valence-electron chi connectivity index (χ1n) is 7.09. The van der Waals surface area contributed by atoms with Crippen LogP contribution in [0.15, 0.2) is 30.3 Å². The van der Waals surface area contributed by atoms with Crippen LogP contribution in [0, 0.1) is 5.92 Å². The smallest absolute Gasteiger partial charge is 0.226 e. The predicted octanol–water partition coefficient (Wildman–Crippen LogP) is 1.13. The molecule has 1 aromatic carbocycles.